The first-order valence-electron chi connectivity index (χ1n) is 5.71. The molecule has 2 aromatic rings. The standard InChI is InChI=1S/C11H17N5O/c1-4-10-8(5-6-17-10)9(12-2)7-11-13-15-16(3)14-11/h5-6,9,12H,4,7H2,1-3H3. The lowest BCUT2D eigenvalue weighted by Gasteiger charge is -2.13. The van der Waals surface area contributed by atoms with Crippen molar-refractivity contribution in [2.24, 2.45) is 7.05 Å². The van der Waals surface area contributed by atoms with E-state index in [1.807, 2.05) is 13.1 Å². The molecule has 92 valence electrons. The van der Waals surface area contributed by atoms with E-state index in [0.29, 0.717) is 6.42 Å². The van der Waals surface area contributed by atoms with Crippen LogP contribution in [0.15, 0.2) is 16.7 Å². The molecule has 0 saturated carbocycles. The molecule has 0 aliphatic carbocycles. The fourth-order valence-corrected chi connectivity index (χ4v) is 1.90. The van der Waals surface area contributed by atoms with Crippen molar-refractivity contribution in [2.45, 2.75) is 25.8 Å². The largest absolute Gasteiger partial charge is 0.469 e. The molecule has 6 heteroatoms. The van der Waals surface area contributed by atoms with Crippen LogP contribution in [0.4, 0.5) is 0 Å². The molecule has 1 atom stereocenters. The summed E-state index contributed by atoms with van der Waals surface area (Å²) in [7, 11) is 3.69. The van der Waals surface area contributed by atoms with Gasteiger partial charge in [0.05, 0.1) is 13.3 Å². The Morgan fingerprint density at radius 1 is 1.53 bits per heavy atom. The topological polar surface area (TPSA) is 68.8 Å². The molecule has 0 radical (unpaired) electrons. The van der Waals surface area contributed by atoms with Gasteiger partial charge in [-0.15, -0.1) is 10.2 Å². The molecule has 0 aliphatic heterocycles. The fourth-order valence-electron chi connectivity index (χ4n) is 1.90. The quantitative estimate of drug-likeness (QED) is 0.832. The lowest BCUT2D eigenvalue weighted by Crippen LogP contribution is -2.20. The molecule has 0 fully saturated rings. The van der Waals surface area contributed by atoms with Crippen LogP contribution in [0.3, 0.4) is 0 Å². The molecule has 0 aromatic carbocycles. The third-order valence-corrected chi connectivity index (χ3v) is 2.76. The lowest BCUT2D eigenvalue weighted by atomic mass is 10.0. The van der Waals surface area contributed by atoms with Crippen molar-refractivity contribution in [1.82, 2.24) is 25.5 Å². The smallest absolute Gasteiger partial charge is 0.176 e. The number of likely N-dealkylation sites (N-methyl/N-ethyl adjacent to an activating group) is 1. The summed E-state index contributed by atoms with van der Waals surface area (Å²) in [5.41, 5.74) is 1.17. The van der Waals surface area contributed by atoms with Gasteiger partial charge in [-0.3, -0.25) is 0 Å². The van der Waals surface area contributed by atoms with Gasteiger partial charge >= 0.3 is 0 Å². The molecule has 1 N–H and O–H groups in total. The van der Waals surface area contributed by atoms with Gasteiger partial charge in [0.15, 0.2) is 5.82 Å². The highest BCUT2D eigenvalue weighted by Crippen LogP contribution is 2.22. The van der Waals surface area contributed by atoms with Crippen LogP contribution in [0, 0.1) is 0 Å². The van der Waals surface area contributed by atoms with Crippen molar-refractivity contribution >= 4 is 0 Å². The Bertz CT molecular complexity index is 476. The third-order valence-electron chi connectivity index (χ3n) is 2.76. The van der Waals surface area contributed by atoms with Gasteiger partial charge in [-0.05, 0) is 18.3 Å². The van der Waals surface area contributed by atoms with Gasteiger partial charge < -0.3 is 9.73 Å². The summed E-state index contributed by atoms with van der Waals surface area (Å²) in [5.74, 6) is 1.74. The molecule has 0 spiro atoms. The summed E-state index contributed by atoms with van der Waals surface area (Å²) < 4.78 is 5.44. The Balaban J connectivity index is 2.16. The lowest BCUT2D eigenvalue weighted by molar-refractivity contribution is 0.492. The van der Waals surface area contributed by atoms with Crippen LogP contribution in [0.2, 0.25) is 0 Å². The Labute approximate surface area is 100 Å². The van der Waals surface area contributed by atoms with Crippen LogP contribution in [-0.4, -0.2) is 27.3 Å². The Kier molecular flexibility index (Phi) is 3.53. The zero-order chi connectivity index (χ0) is 12.3. The molecule has 2 heterocycles. The molecule has 0 amide bonds. The van der Waals surface area contributed by atoms with Gasteiger partial charge in [-0.2, -0.15) is 4.80 Å². The Hall–Kier alpha value is -1.69. The molecule has 6 nitrogen and oxygen atoms in total. The molecule has 0 saturated heterocycles. The number of rotatable bonds is 5. The highest BCUT2D eigenvalue weighted by atomic mass is 16.3. The zero-order valence-corrected chi connectivity index (χ0v) is 10.3. The Morgan fingerprint density at radius 2 is 2.35 bits per heavy atom. The first kappa shape index (κ1) is 11.8. The maximum atomic E-state index is 5.44. The van der Waals surface area contributed by atoms with Gasteiger partial charge in [0.25, 0.3) is 0 Å². The third kappa shape index (κ3) is 2.52. The van der Waals surface area contributed by atoms with Crippen LogP contribution in [-0.2, 0) is 19.9 Å². The molecular formula is C11H17N5O. The number of nitrogens with zero attached hydrogens (tertiary/aromatic N) is 4. The number of aromatic nitrogens is 4. The normalized spacial score (nSPS) is 12.9. The van der Waals surface area contributed by atoms with E-state index < -0.39 is 0 Å². The second-order valence-electron chi connectivity index (χ2n) is 3.89. The van der Waals surface area contributed by atoms with Crippen molar-refractivity contribution in [3.8, 4) is 0 Å². The van der Waals surface area contributed by atoms with Gasteiger partial charge in [0.1, 0.15) is 5.76 Å². The van der Waals surface area contributed by atoms with E-state index in [1.54, 1.807) is 13.3 Å². The van der Waals surface area contributed by atoms with Crippen molar-refractivity contribution in [2.75, 3.05) is 7.05 Å². The molecule has 0 bridgehead atoms. The maximum absolute atomic E-state index is 5.44. The zero-order valence-electron chi connectivity index (χ0n) is 10.3. The first-order chi connectivity index (χ1) is 8.24. The van der Waals surface area contributed by atoms with E-state index in [0.717, 1.165) is 18.0 Å². The number of hydrogen-bond donors (Lipinski definition) is 1. The monoisotopic (exact) mass is 235 g/mol. The predicted molar refractivity (Wildman–Crippen MR) is 62.4 cm³/mol. The highest BCUT2D eigenvalue weighted by molar-refractivity contribution is 5.22. The minimum atomic E-state index is 0.160. The van der Waals surface area contributed by atoms with E-state index in [9.17, 15) is 0 Å². The van der Waals surface area contributed by atoms with Crippen molar-refractivity contribution in [1.29, 1.82) is 0 Å². The minimum Gasteiger partial charge on any atom is -0.469 e. The maximum Gasteiger partial charge on any atom is 0.176 e. The fraction of sp³-hybridized carbons (Fsp3) is 0.545. The van der Waals surface area contributed by atoms with E-state index in [2.05, 4.69) is 27.7 Å². The average Bonchev–Trinajstić information content (AvgIpc) is 2.94. The highest BCUT2D eigenvalue weighted by Gasteiger charge is 2.18. The average molecular weight is 235 g/mol. The van der Waals surface area contributed by atoms with Gasteiger partial charge in [0, 0.05) is 24.4 Å². The Morgan fingerprint density at radius 3 is 2.94 bits per heavy atom. The SMILES string of the molecule is CCc1occc1C(Cc1nnn(C)n1)NC. The number of tetrazole rings is 1. The van der Waals surface area contributed by atoms with E-state index in [-0.39, 0.29) is 6.04 Å². The predicted octanol–water partition coefficient (Wildman–Crippen LogP) is 0.869. The number of aryl methyl sites for hydroxylation is 2. The summed E-state index contributed by atoms with van der Waals surface area (Å²) in [4.78, 5) is 1.47. The van der Waals surface area contributed by atoms with Gasteiger partial charge in [-0.25, -0.2) is 0 Å². The molecule has 1 unspecified atom stereocenters. The van der Waals surface area contributed by atoms with E-state index in [4.69, 9.17) is 4.42 Å². The van der Waals surface area contributed by atoms with Gasteiger partial charge in [0.2, 0.25) is 0 Å². The first-order valence-corrected chi connectivity index (χ1v) is 5.71. The second-order valence-corrected chi connectivity index (χ2v) is 3.89. The summed E-state index contributed by atoms with van der Waals surface area (Å²) in [6.45, 7) is 2.08. The second kappa shape index (κ2) is 5.09. The van der Waals surface area contributed by atoms with Crippen LogP contribution in [0.5, 0.6) is 0 Å². The van der Waals surface area contributed by atoms with Crippen molar-refractivity contribution in [3.05, 3.63) is 29.5 Å². The number of furan rings is 1. The summed E-state index contributed by atoms with van der Waals surface area (Å²) >= 11 is 0. The van der Waals surface area contributed by atoms with E-state index in [1.165, 1.54) is 10.4 Å². The number of hydrogen-bond acceptors (Lipinski definition) is 5. The molecule has 0 aliphatic rings. The van der Waals surface area contributed by atoms with Crippen LogP contribution < -0.4 is 5.32 Å². The summed E-state index contributed by atoms with van der Waals surface area (Å²) in [6.07, 6.45) is 3.31. The number of nitrogens with one attached hydrogen (secondary N) is 1. The van der Waals surface area contributed by atoms with E-state index >= 15 is 0 Å². The van der Waals surface area contributed by atoms with Gasteiger partial charge in [-0.1, -0.05) is 6.92 Å². The summed E-state index contributed by atoms with van der Waals surface area (Å²) in [6, 6.07) is 2.16. The van der Waals surface area contributed by atoms with Crippen LogP contribution >= 0.6 is 0 Å². The van der Waals surface area contributed by atoms with Crippen molar-refractivity contribution in [3.63, 3.8) is 0 Å². The van der Waals surface area contributed by atoms with Crippen LogP contribution in [0.25, 0.3) is 0 Å². The molecule has 2 aromatic heterocycles. The van der Waals surface area contributed by atoms with Crippen molar-refractivity contribution < 1.29 is 4.42 Å². The minimum absolute atomic E-state index is 0.160. The molecule has 2 rings (SSSR count). The molecule has 17 heavy (non-hydrogen) atoms. The summed E-state index contributed by atoms with van der Waals surface area (Å²) in [5, 5.41) is 15.3. The van der Waals surface area contributed by atoms with Crippen LogP contribution in [0.1, 0.15) is 30.1 Å². The molecular weight excluding hydrogens is 218 g/mol.